The van der Waals surface area contributed by atoms with Crippen molar-refractivity contribution < 1.29 is 14.7 Å². The number of hydrogen-bond donors (Lipinski definition) is 2. The van der Waals surface area contributed by atoms with Crippen molar-refractivity contribution in [3.8, 4) is 5.69 Å². The summed E-state index contributed by atoms with van der Waals surface area (Å²) in [7, 11) is 0. The smallest absolute Gasteiger partial charge is 0.326 e. The second-order valence-electron chi connectivity index (χ2n) is 4.92. The Balaban J connectivity index is 2.20. The highest BCUT2D eigenvalue weighted by atomic mass is 16.4. The number of carbonyl (C=O) groups is 2. The lowest BCUT2D eigenvalue weighted by atomic mass is 10.0. The number of aliphatic carboxylic acids is 1. The molecule has 21 heavy (non-hydrogen) atoms. The van der Waals surface area contributed by atoms with E-state index in [1.807, 2.05) is 0 Å². The molecule has 1 aromatic carbocycles. The third kappa shape index (κ3) is 3.44. The molecule has 1 amide bonds. The van der Waals surface area contributed by atoms with E-state index >= 15 is 0 Å². The second kappa shape index (κ2) is 6.17. The zero-order chi connectivity index (χ0) is 15.4. The van der Waals surface area contributed by atoms with Crippen molar-refractivity contribution in [2.75, 3.05) is 0 Å². The lowest BCUT2D eigenvalue weighted by molar-refractivity contribution is -0.140. The monoisotopic (exact) mass is 288 g/mol. The molecule has 1 heterocycles. The van der Waals surface area contributed by atoms with Crippen molar-refractivity contribution in [1.29, 1.82) is 0 Å². The third-order valence-electron chi connectivity index (χ3n) is 3.01. The summed E-state index contributed by atoms with van der Waals surface area (Å²) >= 11 is 0. The van der Waals surface area contributed by atoms with E-state index in [1.165, 1.54) is 17.3 Å². The lowest BCUT2D eigenvalue weighted by Crippen LogP contribution is -2.44. The highest BCUT2D eigenvalue weighted by Crippen LogP contribution is 2.10. The van der Waals surface area contributed by atoms with E-state index in [0.717, 1.165) is 0 Å². The van der Waals surface area contributed by atoms with E-state index < -0.39 is 17.9 Å². The molecule has 2 N–H and O–H groups in total. The Morgan fingerprint density at radius 1 is 1.33 bits per heavy atom. The van der Waals surface area contributed by atoms with Gasteiger partial charge in [0.05, 0.1) is 5.69 Å². The zero-order valence-corrected chi connectivity index (χ0v) is 11.7. The normalized spacial score (nSPS) is 12.1. The van der Waals surface area contributed by atoms with E-state index in [2.05, 4.69) is 15.4 Å². The summed E-state index contributed by atoms with van der Waals surface area (Å²) in [5.74, 6) is -1.69. The van der Waals surface area contributed by atoms with Crippen LogP contribution in [0.4, 0.5) is 0 Å². The van der Waals surface area contributed by atoms with Gasteiger partial charge in [-0.05, 0) is 24.1 Å². The SMILES string of the molecule is CC(C)[C@@H](NC(=O)c1cccc(-n2cncn2)c1)C(=O)O. The van der Waals surface area contributed by atoms with Crippen LogP contribution in [-0.4, -0.2) is 37.8 Å². The Bertz CT molecular complexity index is 637. The fourth-order valence-electron chi connectivity index (χ4n) is 1.87. The summed E-state index contributed by atoms with van der Waals surface area (Å²) in [6.45, 7) is 3.48. The highest BCUT2D eigenvalue weighted by Gasteiger charge is 2.24. The molecule has 110 valence electrons. The maximum atomic E-state index is 12.2. The van der Waals surface area contributed by atoms with Gasteiger partial charge in [0.1, 0.15) is 18.7 Å². The topological polar surface area (TPSA) is 97.1 Å². The lowest BCUT2D eigenvalue weighted by Gasteiger charge is -2.18. The van der Waals surface area contributed by atoms with Crippen LogP contribution >= 0.6 is 0 Å². The first-order valence-electron chi connectivity index (χ1n) is 6.48. The minimum Gasteiger partial charge on any atom is -0.480 e. The molecule has 0 aliphatic rings. The highest BCUT2D eigenvalue weighted by molar-refractivity contribution is 5.97. The summed E-state index contributed by atoms with van der Waals surface area (Å²) in [5, 5.41) is 15.6. The van der Waals surface area contributed by atoms with Gasteiger partial charge in [0.15, 0.2) is 0 Å². The van der Waals surface area contributed by atoms with Crippen LogP contribution in [0.15, 0.2) is 36.9 Å². The number of rotatable bonds is 5. The Labute approximate surface area is 121 Å². The first-order chi connectivity index (χ1) is 9.99. The van der Waals surface area contributed by atoms with Crippen molar-refractivity contribution in [3.05, 3.63) is 42.5 Å². The van der Waals surface area contributed by atoms with Crippen molar-refractivity contribution in [1.82, 2.24) is 20.1 Å². The maximum Gasteiger partial charge on any atom is 0.326 e. The van der Waals surface area contributed by atoms with E-state index in [-0.39, 0.29) is 5.92 Å². The number of nitrogens with zero attached hydrogens (tertiary/aromatic N) is 3. The number of hydrogen-bond acceptors (Lipinski definition) is 4. The van der Waals surface area contributed by atoms with Crippen LogP contribution < -0.4 is 5.32 Å². The third-order valence-corrected chi connectivity index (χ3v) is 3.01. The number of amides is 1. The molecule has 0 bridgehead atoms. The van der Waals surface area contributed by atoms with Crippen LogP contribution in [0.25, 0.3) is 5.69 Å². The van der Waals surface area contributed by atoms with Gasteiger partial charge in [-0.1, -0.05) is 19.9 Å². The maximum absolute atomic E-state index is 12.2. The van der Waals surface area contributed by atoms with E-state index in [9.17, 15) is 9.59 Å². The average Bonchev–Trinajstić information content (AvgIpc) is 2.98. The summed E-state index contributed by atoms with van der Waals surface area (Å²) in [4.78, 5) is 27.1. The number of benzene rings is 1. The Kier molecular flexibility index (Phi) is 4.32. The Hall–Kier alpha value is -2.70. The Morgan fingerprint density at radius 2 is 2.10 bits per heavy atom. The first-order valence-corrected chi connectivity index (χ1v) is 6.48. The molecule has 0 aliphatic carbocycles. The number of carboxylic acid groups (broad SMARTS) is 1. The molecule has 0 radical (unpaired) electrons. The van der Waals surface area contributed by atoms with Crippen molar-refractivity contribution in [2.45, 2.75) is 19.9 Å². The fraction of sp³-hybridized carbons (Fsp3) is 0.286. The van der Waals surface area contributed by atoms with Gasteiger partial charge in [0, 0.05) is 5.56 Å². The first kappa shape index (κ1) is 14.7. The second-order valence-corrected chi connectivity index (χ2v) is 4.92. The van der Waals surface area contributed by atoms with Crippen LogP contribution in [0.1, 0.15) is 24.2 Å². The van der Waals surface area contributed by atoms with E-state index in [4.69, 9.17) is 5.11 Å². The molecule has 0 saturated carbocycles. The molecule has 7 heteroatoms. The van der Waals surface area contributed by atoms with Gasteiger partial charge in [-0.3, -0.25) is 4.79 Å². The van der Waals surface area contributed by atoms with Gasteiger partial charge < -0.3 is 10.4 Å². The van der Waals surface area contributed by atoms with E-state index in [1.54, 1.807) is 38.1 Å². The van der Waals surface area contributed by atoms with Crippen LogP contribution in [0.5, 0.6) is 0 Å². The van der Waals surface area contributed by atoms with Gasteiger partial charge >= 0.3 is 5.97 Å². The van der Waals surface area contributed by atoms with Crippen molar-refractivity contribution in [2.24, 2.45) is 5.92 Å². The predicted molar refractivity (Wildman–Crippen MR) is 75.1 cm³/mol. The van der Waals surface area contributed by atoms with Gasteiger partial charge in [-0.25, -0.2) is 14.5 Å². The van der Waals surface area contributed by atoms with Gasteiger partial charge in [-0.2, -0.15) is 5.10 Å². The summed E-state index contributed by atoms with van der Waals surface area (Å²) < 4.78 is 1.52. The molecule has 1 atom stereocenters. The summed E-state index contributed by atoms with van der Waals surface area (Å²) in [5.41, 5.74) is 1.05. The molecule has 0 unspecified atom stereocenters. The number of carbonyl (C=O) groups excluding carboxylic acids is 1. The summed E-state index contributed by atoms with van der Waals surface area (Å²) in [6, 6.07) is 5.81. The van der Waals surface area contributed by atoms with Crippen LogP contribution in [0.2, 0.25) is 0 Å². The quantitative estimate of drug-likeness (QED) is 0.859. The van der Waals surface area contributed by atoms with Crippen LogP contribution in [0, 0.1) is 5.92 Å². The predicted octanol–water partition coefficient (Wildman–Crippen LogP) is 1.11. The van der Waals surface area contributed by atoms with Gasteiger partial charge in [0.25, 0.3) is 5.91 Å². The van der Waals surface area contributed by atoms with Crippen LogP contribution in [0.3, 0.4) is 0 Å². The number of carboxylic acids is 1. The Morgan fingerprint density at radius 3 is 2.67 bits per heavy atom. The molecular weight excluding hydrogens is 272 g/mol. The van der Waals surface area contributed by atoms with Gasteiger partial charge in [-0.15, -0.1) is 0 Å². The minimum atomic E-state index is -1.05. The number of aromatic nitrogens is 3. The standard InChI is InChI=1S/C14H16N4O3/c1-9(2)12(14(20)21)17-13(19)10-4-3-5-11(6-10)18-8-15-7-16-18/h3-9,12H,1-2H3,(H,17,19)(H,20,21)/t12-/m1/s1. The molecule has 7 nitrogen and oxygen atoms in total. The summed E-state index contributed by atoms with van der Waals surface area (Å²) in [6.07, 6.45) is 2.91. The largest absolute Gasteiger partial charge is 0.480 e. The molecule has 1 aromatic heterocycles. The molecule has 0 fully saturated rings. The molecular formula is C14H16N4O3. The molecule has 0 aliphatic heterocycles. The molecule has 2 aromatic rings. The van der Waals surface area contributed by atoms with Crippen molar-refractivity contribution >= 4 is 11.9 Å². The van der Waals surface area contributed by atoms with Crippen molar-refractivity contribution in [3.63, 3.8) is 0 Å². The molecule has 0 saturated heterocycles. The zero-order valence-electron chi connectivity index (χ0n) is 11.7. The molecule has 2 rings (SSSR count). The van der Waals surface area contributed by atoms with E-state index in [0.29, 0.717) is 11.3 Å². The fourth-order valence-corrected chi connectivity index (χ4v) is 1.87. The minimum absolute atomic E-state index is 0.204. The molecule has 0 spiro atoms. The average molecular weight is 288 g/mol. The number of nitrogens with one attached hydrogen (secondary N) is 1. The van der Waals surface area contributed by atoms with Gasteiger partial charge in [0.2, 0.25) is 0 Å². The van der Waals surface area contributed by atoms with Crippen LogP contribution in [-0.2, 0) is 4.79 Å².